The van der Waals surface area contributed by atoms with Crippen LogP contribution in [0.3, 0.4) is 0 Å². The van der Waals surface area contributed by atoms with Gasteiger partial charge in [-0.1, -0.05) is 19.0 Å². The van der Waals surface area contributed by atoms with E-state index >= 15 is 0 Å². The molecule has 0 spiro atoms. The largest absolute Gasteiger partial charge is 0.376 e. The first-order chi connectivity index (χ1) is 11.1. The predicted molar refractivity (Wildman–Crippen MR) is 88.6 cm³/mol. The van der Waals surface area contributed by atoms with Crippen LogP contribution in [0.1, 0.15) is 54.4 Å². The molecule has 3 heterocycles. The Hall–Kier alpha value is -1.66. The van der Waals surface area contributed by atoms with E-state index in [0.717, 1.165) is 30.8 Å². The summed E-state index contributed by atoms with van der Waals surface area (Å²) in [6.45, 7) is 5.99. The minimum atomic E-state index is -0.0950. The van der Waals surface area contributed by atoms with Gasteiger partial charge in [-0.2, -0.15) is 11.3 Å². The summed E-state index contributed by atoms with van der Waals surface area (Å²) in [4.78, 5) is 14.7. The Kier molecular flexibility index (Phi) is 5.13. The first-order valence-corrected chi connectivity index (χ1v) is 8.96. The highest BCUT2D eigenvalue weighted by Crippen LogP contribution is 2.20. The first kappa shape index (κ1) is 16.2. The van der Waals surface area contributed by atoms with Crippen molar-refractivity contribution in [2.75, 3.05) is 13.2 Å². The third-order valence-electron chi connectivity index (χ3n) is 4.01. The van der Waals surface area contributed by atoms with Crippen LogP contribution in [0, 0.1) is 0 Å². The van der Waals surface area contributed by atoms with Gasteiger partial charge in [-0.15, -0.1) is 0 Å². The van der Waals surface area contributed by atoms with Crippen molar-refractivity contribution in [3.63, 3.8) is 0 Å². The molecule has 1 amide bonds. The van der Waals surface area contributed by atoms with Crippen molar-refractivity contribution in [3.8, 4) is 0 Å². The van der Waals surface area contributed by atoms with E-state index in [0.29, 0.717) is 18.8 Å². The number of rotatable bonds is 6. The van der Waals surface area contributed by atoms with Crippen molar-refractivity contribution in [2.24, 2.45) is 0 Å². The molecule has 1 aliphatic rings. The summed E-state index contributed by atoms with van der Waals surface area (Å²) in [6, 6.07) is 3.80. The zero-order valence-electron chi connectivity index (χ0n) is 13.5. The van der Waals surface area contributed by atoms with Crippen molar-refractivity contribution in [2.45, 2.75) is 45.3 Å². The van der Waals surface area contributed by atoms with Gasteiger partial charge < -0.3 is 14.2 Å². The fourth-order valence-electron chi connectivity index (χ4n) is 2.68. The highest BCUT2D eigenvalue weighted by Gasteiger charge is 2.26. The maximum absolute atomic E-state index is 12.8. The van der Waals surface area contributed by atoms with Crippen LogP contribution in [0.5, 0.6) is 0 Å². The summed E-state index contributed by atoms with van der Waals surface area (Å²) in [5, 5.41) is 8.05. The van der Waals surface area contributed by atoms with Crippen molar-refractivity contribution in [1.29, 1.82) is 0 Å². The van der Waals surface area contributed by atoms with E-state index in [-0.39, 0.29) is 17.9 Å². The van der Waals surface area contributed by atoms with Gasteiger partial charge in [-0.3, -0.25) is 4.79 Å². The number of carbonyl (C=O) groups is 1. The van der Waals surface area contributed by atoms with E-state index in [1.807, 2.05) is 30.2 Å². The van der Waals surface area contributed by atoms with Crippen LogP contribution in [0.25, 0.3) is 0 Å². The van der Waals surface area contributed by atoms with Crippen molar-refractivity contribution in [3.05, 3.63) is 39.9 Å². The molecule has 0 N–H and O–H groups in total. The van der Waals surface area contributed by atoms with Gasteiger partial charge in [0, 0.05) is 31.7 Å². The molecule has 1 unspecified atom stereocenters. The lowest BCUT2D eigenvalue weighted by molar-refractivity contribution is 0.0500. The summed E-state index contributed by atoms with van der Waals surface area (Å²) in [6.07, 6.45) is 2.19. The minimum Gasteiger partial charge on any atom is -0.376 e. The Balaban J connectivity index is 1.75. The molecule has 1 fully saturated rings. The molecule has 0 saturated carbocycles. The number of carbonyl (C=O) groups excluding carboxylic acids is 1. The molecule has 0 radical (unpaired) electrons. The molecule has 124 valence electrons. The van der Waals surface area contributed by atoms with E-state index < -0.39 is 0 Å². The zero-order chi connectivity index (χ0) is 16.2. The molecule has 1 saturated heterocycles. The van der Waals surface area contributed by atoms with Crippen LogP contribution < -0.4 is 0 Å². The molecule has 3 rings (SSSR count). The van der Waals surface area contributed by atoms with E-state index in [4.69, 9.17) is 9.26 Å². The molecule has 2 aromatic rings. The molecule has 6 heteroatoms. The van der Waals surface area contributed by atoms with Crippen molar-refractivity contribution >= 4 is 17.2 Å². The van der Waals surface area contributed by atoms with Gasteiger partial charge in [-0.25, -0.2) is 0 Å². The number of hydrogen-bond donors (Lipinski definition) is 0. The second-order valence-corrected chi connectivity index (χ2v) is 7.00. The average molecular weight is 334 g/mol. The molecule has 0 bridgehead atoms. The number of thiophene rings is 1. The fourth-order valence-corrected chi connectivity index (χ4v) is 3.34. The van der Waals surface area contributed by atoms with Gasteiger partial charge in [0.2, 0.25) is 0 Å². The number of nitrogens with zero attached hydrogens (tertiary/aromatic N) is 2. The summed E-state index contributed by atoms with van der Waals surface area (Å²) in [5.41, 5.74) is 1.51. The standard InChI is InChI=1S/C17H22N2O3S/c1-12(2)16-8-15(18-22-16)17(20)19(9-13-5-7-23-11-13)10-14-4-3-6-21-14/h5,7-8,11-12,14H,3-4,6,9-10H2,1-2H3. The molecule has 0 aliphatic carbocycles. The second kappa shape index (κ2) is 7.27. The lowest BCUT2D eigenvalue weighted by Gasteiger charge is -2.24. The Morgan fingerprint density at radius 2 is 2.39 bits per heavy atom. The highest BCUT2D eigenvalue weighted by molar-refractivity contribution is 7.07. The van der Waals surface area contributed by atoms with E-state index in [1.54, 1.807) is 17.4 Å². The molecule has 2 aromatic heterocycles. The van der Waals surface area contributed by atoms with Crippen LogP contribution in [-0.4, -0.2) is 35.2 Å². The number of hydrogen-bond acceptors (Lipinski definition) is 5. The monoisotopic (exact) mass is 334 g/mol. The van der Waals surface area contributed by atoms with Crippen molar-refractivity contribution in [1.82, 2.24) is 10.1 Å². The molecule has 5 nitrogen and oxygen atoms in total. The van der Waals surface area contributed by atoms with Crippen LogP contribution in [0.15, 0.2) is 27.4 Å². The Bertz CT molecular complexity index is 630. The maximum atomic E-state index is 12.8. The average Bonchev–Trinajstić information content (AvgIpc) is 3.28. The summed E-state index contributed by atoms with van der Waals surface area (Å²) < 4.78 is 11.0. The van der Waals surface area contributed by atoms with Gasteiger partial charge in [0.1, 0.15) is 5.76 Å². The zero-order valence-corrected chi connectivity index (χ0v) is 14.3. The van der Waals surface area contributed by atoms with Gasteiger partial charge in [0.25, 0.3) is 5.91 Å². The Morgan fingerprint density at radius 3 is 3.00 bits per heavy atom. The molecule has 1 atom stereocenters. The number of ether oxygens (including phenoxy) is 1. The lowest BCUT2D eigenvalue weighted by Crippen LogP contribution is -2.37. The molecular formula is C17H22N2O3S. The summed E-state index contributed by atoms with van der Waals surface area (Å²) >= 11 is 1.64. The Labute approximate surface area is 140 Å². The topological polar surface area (TPSA) is 55.6 Å². The van der Waals surface area contributed by atoms with Gasteiger partial charge in [-0.05, 0) is 35.2 Å². The fraction of sp³-hybridized carbons (Fsp3) is 0.529. The lowest BCUT2D eigenvalue weighted by atomic mass is 10.1. The molecule has 1 aliphatic heterocycles. The summed E-state index contributed by atoms with van der Waals surface area (Å²) in [7, 11) is 0. The van der Waals surface area contributed by atoms with E-state index in [1.165, 1.54) is 0 Å². The smallest absolute Gasteiger partial charge is 0.276 e. The van der Waals surface area contributed by atoms with Crippen LogP contribution in [-0.2, 0) is 11.3 Å². The second-order valence-electron chi connectivity index (χ2n) is 6.22. The van der Waals surface area contributed by atoms with Crippen LogP contribution in [0.4, 0.5) is 0 Å². The SMILES string of the molecule is CC(C)c1cc(C(=O)N(Cc2ccsc2)CC2CCCO2)no1. The Morgan fingerprint density at radius 1 is 1.52 bits per heavy atom. The van der Waals surface area contributed by atoms with Crippen LogP contribution in [0.2, 0.25) is 0 Å². The number of aromatic nitrogens is 1. The van der Waals surface area contributed by atoms with Crippen LogP contribution >= 0.6 is 11.3 Å². The highest BCUT2D eigenvalue weighted by atomic mass is 32.1. The van der Waals surface area contributed by atoms with E-state index in [2.05, 4.69) is 10.5 Å². The summed E-state index contributed by atoms with van der Waals surface area (Å²) in [5.74, 6) is 0.857. The number of amides is 1. The normalized spacial score (nSPS) is 17.8. The van der Waals surface area contributed by atoms with Gasteiger partial charge >= 0.3 is 0 Å². The molecular weight excluding hydrogens is 312 g/mol. The molecule has 23 heavy (non-hydrogen) atoms. The quantitative estimate of drug-likeness (QED) is 0.808. The van der Waals surface area contributed by atoms with Crippen molar-refractivity contribution < 1.29 is 14.1 Å². The maximum Gasteiger partial charge on any atom is 0.276 e. The van der Waals surface area contributed by atoms with Gasteiger partial charge in [0.05, 0.1) is 6.10 Å². The van der Waals surface area contributed by atoms with Gasteiger partial charge in [0.15, 0.2) is 5.69 Å². The third kappa shape index (κ3) is 4.00. The minimum absolute atomic E-state index is 0.0950. The predicted octanol–water partition coefficient (Wildman–Crippen LogP) is 3.68. The van der Waals surface area contributed by atoms with E-state index in [9.17, 15) is 4.79 Å². The third-order valence-corrected chi connectivity index (χ3v) is 4.74. The molecule has 0 aromatic carbocycles. The first-order valence-electron chi connectivity index (χ1n) is 8.02.